The van der Waals surface area contributed by atoms with Crippen molar-refractivity contribution in [2.45, 2.75) is 17.7 Å². The molecule has 9 nitrogen and oxygen atoms in total. The molecule has 33 heavy (non-hydrogen) atoms. The molecular formula is C23H26N4O5S. The van der Waals surface area contributed by atoms with E-state index in [1.165, 1.54) is 30.7 Å². The summed E-state index contributed by atoms with van der Waals surface area (Å²) < 4.78 is 39.7. The molecular weight excluding hydrogens is 444 g/mol. The van der Waals surface area contributed by atoms with Crippen LogP contribution in [0.4, 0.5) is 5.82 Å². The summed E-state index contributed by atoms with van der Waals surface area (Å²) in [6, 6.07) is 15.9. The number of rotatable bonds is 7. The molecule has 0 bridgehead atoms. The molecule has 10 heteroatoms. The summed E-state index contributed by atoms with van der Waals surface area (Å²) >= 11 is 0. The van der Waals surface area contributed by atoms with E-state index in [0.29, 0.717) is 30.2 Å². The number of methoxy groups -OCH3 is 2. The van der Waals surface area contributed by atoms with Crippen molar-refractivity contribution >= 4 is 21.7 Å². The Morgan fingerprint density at radius 1 is 1.00 bits per heavy atom. The number of hydrogen-bond acceptors (Lipinski definition) is 6. The van der Waals surface area contributed by atoms with E-state index >= 15 is 0 Å². The van der Waals surface area contributed by atoms with E-state index in [-0.39, 0.29) is 29.8 Å². The second-order valence-electron chi connectivity index (χ2n) is 7.67. The number of amides is 1. The van der Waals surface area contributed by atoms with Crippen molar-refractivity contribution in [1.82, 2.24) is 14.1 Å². The Morgan fingerprint density at radius 2 is 1.70 bits per heavy atom. The molecule has 3 aromatic rings. The van der Waals surface area contributed by atoms with Gasteiger partial charge in [-0.25, -0.2) is 13.1 Å². The molecule has 0 saturated carbocycles. The standard InChI is InChI=1S/C23H26N4O5S/c1-31-20-9-8-19(16-21(20)32-2)33(29,30)26-13-10-17(11-14-26)23(28)24-22-12-15-27(25-22)18-6-4-3-5-7-18/h3-9,12,15-17H,10-11,13-14H2,1-2H3,(H,24,25,28). The van der Waals surface area contributed by atoms with Gasteiger partial charge in [-0.05, 0) is 37.1 Å². The molecule has 1 N–H and O–H groups in total. The maximum absolute atomic E-state index is 13.1. The Morgan fingerprint density at radius 3 is 2.36 bits per heavy atom. The third kappa shape index (κ3) is 4.86. The number of anilines is 1. The molecule has 0 radical (unpaired) electrons. The average molecular weight is 471 g/mol. The van der Waals surface area contributed by atoms with E-state index in [1.54, 1.807) is 23.0 Å². The largest absolute Gasteiger partial charge is 0.493 e. The lowest BCUT2D eigenvalue weighted by molar-refractivity contribution is -0.120. The SMILES string of the molecule is COc1ccc(S(=O)(=O)N2CCC(C(=O)Nc3ccn(-c4ccccc4)n3)CC2)cc1OC. The lowest BCUT2D eigenvalue weighted by Crippen LogP contribution is -2.41. The smallest absolute Gasteiger partial charge is 0.243 e. The third-order valence-electron chi connectivity index (χ3n) is 5.68. The van der Waals surface area contributed by atoms with Crippen LogP contribution in [-0.2, 0) is 14.8 Å². The number of hydrogen-bond donors (Lipinski definition) is 1. The predicted molar refractivity (Wildman–Crippen MR) is 123 cm³/mol. The summed E-state index contributed by atoms with van der Waals surface area (Å²) in [7, 11) is -0.751. The molecule has 1 aliphatic rings. The van der Waals surface area contributed by atoms with Crippen LogP contribution in [0.1, 0.15) is 12.8 Å². The Hall–Kier alpha value is -3.37. The van der Waals surface area contributed by atoms with Crippen molar-refractivity contribution in [3.63, 3.8) is 0 Å². The van der Waals surface area contributed by atoms with Gasteiger partial charge in [0.15, 0.2) is 17.3 Å². The highest BCUT2D eigenvalue weighted by Gasteiger charge is 2.32. The van der Waals surface area contributed by atoms with Gasteiger partial charge >= 0.3 is 0 Å². The fourth-order valence-electron chi connectivity index (χ4n) is 3.83. The average Bonchev–Trinajstić information content (AvgIpc) is 3.32. The summed E-state index contributed by atoms with van der Waals surface area (Å²) in [5.74, 6) is 0.828. The molecule has 174 valence electrons. The molecule has 1 amide bonds. The number of aromatic nitrogens is 2. The number of nitrogens with zero attached hydrogens (tertiary/aromatic N) is 3. The van der Waals surface area contributed by atoms with Crippen LogP contribution in [0.15, 0.2) is 65.7 Å². The first-order valence-corrected chi connectivity index (χ1v) is 12.0. The molecule has 4 rings (SSSR count). The van der Waals surface area contributed by atoms with Crippen molar-refractivity contribution in [3.05, 3.63) is 60.8 Å². The van der Waals surface area contributed by atoms with Gasteiger partial charge in [-0.2, -0.15) is 9.40 Å². The van der Waals surface area contributed by atoms with Gasteiger partial charge < -0.3 is 14.8 Å². The van der Waals surface area contributed by atoms with E-state index in [1.807, 2.05) is 30.3 Å². The number of ether oxygens (including phenoxy) is 2. The molecule has 1 fully saturated rings. The minimum Gasteiger partial charge on any atom is -0.493 e. The zero-order valence-corrected chi connectivity index (χ0v) is 19.3. The van der Waals surface area contributed by atoms with E-state index in [4.69, 9.17) is 9.47 Å². The highest BCUT2D eigenvalue weighted by atomic mass is 32.2. The predicted octanol–water partition coefficient (Wildman–Crippen LogP) is 2.93. The van der Waals surface area contributed by atoms with Gasteiger partial charge in [0.1, 0.15) is 0 Å². The summed E-state index contributed by atoms with van der Waals surface area (Å²) in [4.78, 5) is 12.9. The topological polar surface area (TPSA) is 103 Å². The first-order valence-electron chi connectivity index (χ1n) is 10.6. The molecule has 1 aromatic heterocycles. The van der Waals surface area contributed by atoms with Gasteiger partial charge in [0.25, 0.3) is 0 Å². The number of para-hydroxylation sites is 1. The lowest BCUT2D eigenvalue weighted by Gasteiger charge is -2.30. The fourth-order valence-corrected chi connectivity index (χ4v) is 5.31. The number of carbonyl (C=O) groups is 1. The monoisotopic (exact) mass is 470 g/mol. The zero-order valence-electron chi connectivity index (χ0n) is 18.5. The lowest BCUT2D eigenvalue weighted by atomic mass is 9.97. The van der Waals surface area contributed by atoms with Crippen LogP contribution in [0.2, 0.25) is 0 Å². The maximum atomic E-state index is 13.1. The Kier molecular flexibility index (Phi) is 6.66. The summed E-state index contributed by atoms with van der Waals surface area (Å²) in [6.07, 6.45) is 2.64. The van der Waals surface area contributed by atoms with E-state index in [0.717, 1.165) is 5.69 Å². The van der Waals surface area contributed by atoms with Crippen molar-refractivity contribution in [3.8, 4) is 17.2 Å². The Labute approximate surface area is 193 Å². The van der Waals surface area contributed by atoms with Crippen LogP contribution in [0, 0.1) is 5.92 Å². The van der Waals surface area contributed by atoms with Crippen LogP contribution in [0.25, 0.3) is 5.69 Å². The van der Waals surface area contributed by atoms with Crippen LogP contribution < -0.4 is 14.8 Å². The molecule has 0 unspecified atom stereocenters. The first kappa shape index (κ1) is 22.8. The van der Waals surface area contributed by atoms with Gasteiger partial charge in [0.2, 0.25) is 15.9 Å². The minimum absolute atomic E-state index is 0.134. The Bertz CT molecular complexity index is 1220. The van der Waals surface area contributed by atoms with Gasteiger partial charge in [0, 0.05) is 37.3 Å². The minimum atomic E-state index is -3.70. The molecule has 1 aliphatic heterocycles. The van der Waals surface area contributed by atoms with E-state index in [9.17, 15) is 13.2 Å². The third-order valence-corrected chi connectivity index (χ3v) is 7.57. The summed E-state index contributed by atoms with van der Waals surface area (Å²) in [5, 5.41) is 7.24. The van der Waals surface area contributed by atoms with Crippen LogP contribution in [-0.4, -0.2) is 55.7 Å². The first-order chi connectivity index (χ1) is 15.9. The van der Waals surface area contributed by atoms with Crippen molar-refractivity contribution in [2.24, 2.45) is 5.92 Å². The molecule has 1 saturated heterocycles. The van der Waals surface area contributed by atoms with Gasteiger partial charge in [-0.1, -0.05) is 18.2 Å². The normalized spacial score (nSPS) is 15.2. The van der Waals surface area contributed by atoms with Crippen molar-refractivity contribution < 1.29 is 22.7 Å². The van der Waals surface area contributed by atoms with Crippen molar-refractivity contribution in [1.29, 1.82) is 0 Å². The number of nitrogens with one attached hydrogen (secondary N) is 1. The van der Waals surface area contributed by atoms with Crippen molar-refractivity contribution in [2.75, 3.05) is 32.6 Å². The van der Waals surface area contributed by atoms with Gasteiger partial charge in [0.05, 0.1) is 24.8 Å². The maximum Gasteiger partial charge on any atom is 0.243 e. The zero-order chi connectivity index (χ0) is 23.4. The van der Waals surface area contributed by atoms with E-state index in [2.05, 4.69) is 10.4 Å². The quantitative estimate of drug-likeness (QED) is 0.570. The van der Waals surface area contributed by atoms with Gasteiger partial charge in [-0.15, -0.1) is 0 Å². The summed E-state index contributed by atoms with van der Waals surface area (Å²) in [6.45, 7) is 0.514. The molecule has 0 atom stereocenters. The summed E-state index contributed by atoms with van der Waals surface area (Å²) in [5.41, 5.74) is 0.895. The van der Waals surface area contributed by atoms with Crippen LogP contribution >= 0.6 is 0 Å². The van der Waals surface area contributed by atoms with Crippen LogP contribution in [0.5, 0.6) is 11.5 Å². The van der Waals surface area contributed by atoms with E-state index < -0.39 is 10.0 Å². The second-order valence-corrected chi connectivity index (χ2v) is 9.60. The molecule has 2 aromatic carbocycles. The number of piperidine rings is 1. The molecule has 0 aliphatic carbocycles. The second kappa shape index (κ2) is 9.63. The fraction of sp³-hybridized carbons (Fsp3) is 0.304. The number of benzene rings is 2. The van der Waals surface area contributed by atoms with Crippen LogP contribution in [0.3, 0.4) is 0 Å². The Balaban J connectivity index is 1.37. The molecule has 2 heterocycles. The number of sulfonamides is 1. The number of carbonyl (C=O) groups excluding carboxylic acids is 1. The molecule has 0 spiro atoms. The van der Waals surface area contributed by atoms with Gasteiger partial charge in [-0.3, -0.25) is 4.79 Å². The highest BCUT2D eigenvalue weighted by molar-refractivity contribution is 7.89. The highest BCUT2D eigenvalue weighted by Crippen LogP contribution is 2.32.